The van der Waals surface area contributed by atoms with Gasteiger partial charge in [0.2, 0.25) is 17.2 Å². The fourth-order valence-electron chi connectivity index (χ4n) is 3.40. The van der Waals surface area contributed by atoms with E-state index in [1.54, 1.807) is 54.6 Å². The first-order valence-corrected chi connectivity index (χ1v) is 8.88. The molecule has 0 saturated carbocycles. The second kappa shape index (κ2) is 6.62. The normalized spacial score (nSPS) is 14.7. The Morgan fingerprint density at radius 1 is 0.821 bits per heavy atom. The fraction of sp³-hybridized carbons (Fsp3) is 0.130. The molecular weight excluding hydrogens is 354 g/mol. The van der Waals surface area contributed by atoms with Crippen LogP contribution in [0, 0.1) is 0 Å². The van der Waals surface area contributed by atoms with Crippen LogP contribution in [0.25, 0.3) is 0 Å². The lowest BCUT2D eigenvalue weighted by Crippen LogP contribution is -2.38. The number of benzene rings is 3. The Balaban J connectivity index is 1.88. The van der Waals surface area contributed by atoms with Crippen molar-refractivity contribution in [2.24, 2.45) is 0 Å². The zero-order valence-corrected chi connectivity index (χ0v) is 15.5. The van der Waals surface area contributed by atoms with Gasteiger partial charge in [0.05, 0.1) is 0 Å². The number of anilines is 1. The number of ether oxygens (including phenoxy) is 1. The third kappa shape index (κ3) is 2.68. The number of carbonyl (C=O) groups excluding carboxylic acids is 2. The van der Waals surface area contributed by atoms with Gasteiger partial charge in [-0.2, -0.15) is 0 Å². The molecule has 0 heterocycles. The van der Waals surface area contributed by atoms with Gasteiger partial charge in [-0.15, -0.1) is 0 Å². The predicted molar refractivity (Wildman–Crippen MR) is 106 cm³/mol. The molecule has 0 fully saturated rings. The summed E-state index contributed by atoms with van der Waals surface area (Å²) in [4.78, 5) is 27.9. The van der Waals surface area contributed by atoms with Crippen LogP contribution in [0.1, 0.15) is 26.3 Å². The Morgan fingerprint density at radius 2 is 1.39 bits per heavy atom. The molecule has 1 aliphatic rings. The molecule has 0 saturated heterocycles. The van der Waals surface area contributed by atoms with E-state index in [-0.39, 0.29) is 22.4 Å². The first-order valence-electron chi connectivity index (χ1n) is 8.88. The van der Waals surface area contributed by atoms with E-state index in [2.05, 4.69) is 0 Å². The summed E-state index contributed by atoms with van der Waals surface area (Å²) >= 11 is 0. The molecule has 0 radical (unpaired) electrons. The summed E-state index contributed by atoms with van der Waals surface area (Å²) in [6.45, 7) is 0. The SMILES string of the molecule is CN(C)c1ccc(C2(O)C(=O)c3ccccc3C2=O)c(Oc2ccccc2)c1. The lowest BCUT2D eigenvalue weighted by Gasteiger charge is -2.24. The maximum absolute atomic E-state index is 13.0. The maximum atomic E-state index is 13.0. The monoisotopic (exact) mass is 373 g/mol. The average Bonchev–Trinajstić information content (AvgIpc) is 2.91. The highest BCUT2D eigenvalue weighted by Gasteiger charge is 2.54. The van der Waals surface area contributed by atoms with E-state index < -0.39 is 17.2 Å². The van der Waals surface area contributed by atoms with Crippen LogP contribution in [-0.4, -0.2) is 30.8 Å². The van der Waals surface area contributed by atoms with Crippen LogP contribution in [0.15, 0.2) is 72.8 Å². The van der Waals surface area contributed by atoms with Crippen molar-refractivity contribution in [3.05, 3.63) is 89.5 Å². The number of aliphatic hydroxyl groups is 1. The summed E-state index contributed by atoms with van der Waals surface area (Å²) in [5, 5.41) is 11.3. The van der Waals surface area contributed by atoms with E-state index in [1.807, 2.05) is 37.2 Å². The summed E-state index contributed by atoms with van der Waals surface area (Å²) in [6.07, 6.45) is 0. The van der Waals surface area contributed by atoms with Crippen molar-refractivity contribution in [2.75, 3.05) is 19.0 Å². The van der Waals surface area contributed by atoms with Crippen molar-refractivity contribution < 1.29 is 19.4 Å². The number of hydrogen-bond acceptors (Lipinski definition) is 5. The number of hydrogen-bond donors (Lipinski definition) is 1. The lowest BCUT2D eigenvalue weighted by molar-refractivity contribution is 0.0314. The molecule has 3 aromatic carbocycles. The van der Waals surface area contributed by atoms with Crippen molar-refractivity contribution in [1.82, 2.24) is 0 Å². The van der Waals surface area contributed by atoms with Crippen LogP contribution in [-0.2, 0) is 5.60 Å². The first-order chi connectivity index (χ1) is 13.4. The largest absolute Gasteiger partial charge is 0.457 e. The van der Waals surface area contributed by atoms with E-state index in [4.69, 9.17) is 4.74 Å². The van der Waals surface area contributed by atoms with Crippen LogP contribution in [0.3, 0.4) is 0 Å². The van der Waals surface area contributed by atoms with Gasteiger partial charge in [0.25, 0.3) is 0 Å². The quantitative estimate of drug-likeness (QED) is 0.705. The number of Topliss-reactive ketones (excluding diaryl/α,β-unsaturated/α-hetero) is 2. The van der Waals surface area contributed by atoms with E-state index in [0.29, 0.717) is 5.75 Å². The van der Waals surface area contributed by atoms with Crippen LogP contribution in [0.4, 0.5) is 5.69 Å². The van der Waals surface area contributed by atoms with E-state index >= 15 is 0 Å². The zero-order valence-electron chi connectivity index (χ0n) is 15.5. The van der Waals surface area contributed by atoms with Crippen molar-refractivity contribution in [1.29, 1.82) is 0 Å². The molecule has 4 rings (SSSR count). The van der Waals surface area contributed by atoms with Gasteiger partial charge in [0.1, 0.15) is 11.5 Å². The van der Waals surface area contributed by atoms with Gasteiger partial charge in [-0.3, -0.25) is 9.59 Å². The molecule has 0 atom stereocenters. The minimum Gasteiger partial charge on any atom is -0.457 e. The molecule has 5 heteroatoms. The van der Waals surface area contributed by atoms with E-state index in [1.165, 1.54) is 0 Å². The Kier molecular flexibility index (Phi) is 4.24. The molecule has 28 heavy (non-hydrogen) atoms. The van der Waals surface area contributed by atoms with Gasteiger partial charge in [0.15, 0.2) is 0 Å². The number of rotatable bonds is 4. The maximum Gasteiger partial charge on any atom is 0.220 e. The number of carbonyl (C=O) groups is 2. The molecule has 0 unspecified atom stereocenters. The van der Waals surface area contributed by atoms with Gasteiger partial charge < -0.3 is 14.7 Å². The van der Waals surface area contributed by atoms with Crippen LogP contribution in [0.5, 0.6) is 11.5 Å². The van der Waals surface area contributed by atoms with Gasteiger partial charge in [-0.25, -0.2) is 0 Å². The van der Waals surface area contributed by atoms with Crippen LogP contribution in [0.2, 0.25) is 0 Å². The topological polar surface area (TPSA) is 66.8 Å². The van der Waals surface area contributed by atoms with Crippen LogP contribution >= 0.6 is 0 Å². The number of para-hydroxylation sites is 1. The Hall–Kier alpha value is -3.44. The van der Waals surface area contributed by atoms with Gasteiger partial charge >= 0.3 is 0 Å². The second-order valence-electron chi connectivity index (χ2n) is 6.90. The summed E-state index contributed by atoms with van der Waals surface area (Å²) < 4.78 is 5.98. The molecule has 0 bridgehead atoms. The molecule has 140 valence electrons. The zero-order chi connectivity index (χ0) is 19.9. The minimum atomic E-state index is -2.31. The van der Waals surface area contributed by atoms with Crippen molar-refractivity contribution >= 4 is 17.3 Å². The van der Waals surface area contributed by atoms with Gasteiger partial charge in [-0.05, 0) is 24.3 Å². The second-order valence-corrected chi connectivity index (χ2v) is 6.90. The number of fused-ring (bicyclic) bond motifs is 1. The summed E-state index contributed by atoms with van der Waals surface area (Å²) in [5.41, 5.74) is -0.921. The van der Waals surface area contributed by atoms with Crippen molar-refractivity contribution in [3.63, 3.8) is 0 Å². The smallest absolute Gasteiger partial charge is 0.220 e. The molecule has 5 nitrogen and oxygen atoms in total. The Morgan fingerprint density at radius 3 is 1.96 bits per heavy atom. The molecule has 1 aliphatic carbocycles. The first kappa shape index (κ1) is 17.9. The average molecular weight is 373 g/mol. The molecule has 0 aliphatic heterocycles. The lowest BCUT2D eigenvalue weighted by atomic mass is 9.87. The highest BCUT2D eigenvalue weighted by Crippen LogP contribution is 2.43. The van der Waals surface area contributed by atoms with E-state index in [9.17, 15) is 14.7 Å². The molecule has 0 spiro atoms. The third-order valence-electron chi connectivity index (χ3n) is 4.92. The standard InChI is InChI=1S/C23H19NO4/c1-24(2)15-12-13-19(20(14-15)28-16-8-4-3-5-9-16)23(27)21(25)17-10-6-7-11-18(17)22(23)26/h3-14,27H,1-2H3. The van der Waals surface area contributed by atoms with Gasteiger partial charge in [-0.1, -0.05) is 42.5 Å². The molecule has 1 N–H and O–H groups in total. The number of nitrogens with zero attached hydrogens (tertiary/aromatic N) is 1. The summed E-state index contributed by atoms with van der Waals surface area (Å²) in [7, 11) is 3.75. The summed E-state index contributed by atoms with van der Waals surface area (Å²) in [6, 6.07) is 20.5. The Labute approximate surface area is 162 Å². The molecule has 3 aromatic rings. The fourth-order valence-corrected chi connectivity index (χ4v) is 3.40. The van der Waals surface area contributed by atoms with Gasteiger partial charge in [0, 0.05) is 42.5 Å². The molecule has 0 aromatic heterocycles. The molecular formula is C23H19NO4. The van der Waals surface area contributed by atoms with Crippen LogP contribution < -0.4 is 9.64 Å². The summed E-state index contributed by atoms with van der Waals surface area (Å²) in [5.74, 6) is -0.472. The highest BCUT2D eigenvalue weighted by molar-refractivity contribution is 6.32. The van der Waals surface area contributed by atoms with Crippen molar-refractivity contribution in [2.45, 2.75) is 5.60 Å². The Bertz CT molecular complexity index is 1040. The third-order valence-corrected chi connectivity index (χ3v) is 4.92. The minimum absolute atomic E-state index is 0.133. The predicted octanol–water partition coefficient (Wildman–Crippen LogP) is 3.81. The van der Waals surface area contributed by atoms with E-state index in [0.717, 1.165) is 5.69 Å². The molecule has 0 amide bonds. The highest BCUT2D eigenvalue weighted by atomic mass is 16.5. The van der Waals surface area contributed by atoms with Crippen molar-refractivity contribution in [3.8, 4) is 11.5 Å². The number of ketones is 2.